The molecule has 74 valence electrons. The number of esters is 1. The van der Waals surface area contributed by atoms with Crippen molar-refractivity contribution in [1.29, 1.82) is 0 Å². The highest BCUT2D eigenvalue weighted by molar-refractivity contribution is 5.76. The van der Waals surface area contributed by atoms with Gasteiger partial charge in [0.25, 0.3) is 0 Å². The van der Waals surface area contributed by atoms with Crippen molar-refractivity contribution in [3.8, 4) is 0 Å². The number of methoxy groups -OCH3 is 1. The third-order valence-corrected chi connectivity index (χ3v) is 2.25. The molecular formula is C8H13NO4. The van der Waals surface area contributed by atoms with Gasteiger partial charge in [0.05, 0.1) is 13.0 Å². The molecule has 0 aromatic carbocycles. The molecule has 5 heteroatoms. The summed E-state index contributed by atoms with van der Waals surface area (Å²) in [5.41, 5.74) is 0. The molecule has 0 amide bonds. The summed E-state index contributed by atoms with van der Waals surface area (Å²) in [6.07, 6.45) is 1.06. The van der Waals surface area contributed by atoms with Gasteiger partial charge in [-0.1, -0.05) is 0 Å². The van der Waals surface area contributed by atoms with E-state index in [0.717, 1.165) is 0 Å². The molecule has 0 aromatic rings. The number of carboxylic acids is 1. The maximum absolute atomic E-state index is 11.0. The van der Waals surface area contributed by atoms with Crippen LogP contribution in [0.5, 0.6) is 0 Å². The molecule has 0 bridgehead atoms. The smallest absolute Gasteiger partial charge is 0.320 e. The van der Waals surface area contributed by atoms with E-state index in [-0.39, 0.29) is 11.9 Å². The fourth-order valence-electron chi connectivity index (χ4n) is 1.44. The third kappa shape index (κ3) is 2.42. The minimum atomic E-state index is -0.858. The lowest BCUT2D eigenvalue weighted by molar-refractivity contribution is -0.148. The average Bonchev–Trinajstić information content (AvgIpc) is 2.17. The predicted octanol–water partition coefficient (Wildman–Crippen LogP) is -0.388. The average molecular weight is 187 g/mol. The highest BCUT2D eigenvalue weighted by atomic mass is 16.5. The van der Waals surface area contributed by atoms with Crippen molar-refractivity contribution in [2.45, 2.75) is 18.9 Å². The Morgan fingerprint density at radius 1 is 1.46 bits per heavy atom. The van der Waals surface area contributed by atoms with Crippen LogP contribution in [0, 0.1) is 5.92 Å². The van der Waals surface area contributed by atoms with Crippen LogP contribution < -0.4 is 5.32 Å². The SMILES string of the molecule is COC(=O)C1CC[C@@H](C(=O)O)NC1. The molecule has 1 aliphatic heterocycles. The molecule has 1 fully saturated rings. The zero-order valence-electron chi connectivity index (χ0n) is 7.45. The van der Waals surface area contributed by atoms with Crippen LogP contribution in [0.1, 0.15) is 12.8 Å². The molecule has 13 heavy (non-hydrogen) atoms. The molecule has 0 spiro atoms. The van der Waals surface area contributed by atoms with Crippen LogP contribution >= 0.6 is 0 Å². The van der Waals surface area contributed by atoms with Gasteiger partial charge >= 0.3 is 11.9 Å². The molecule has 1 saturated heterocycles. The van der Waals surface area contributed by atoms with E-state index in [2.05, 4.69) is 10.1 Å². The van der Waals surface area contributed by atoms with Crippen molar-refractivity contribution in [3.05, 3.63) is 0 Å². The van der Waals surface area contributed by atoms with Crippen LogP contribution in [0.3, 0.4) is 0 Å². The van der Waals surface area contributed by atoms with Crippen LogP contribution in [-0.4, -0.2) is 36.7 Å². The lowest BCUT2D eigenvalue weighted by Gasteiger charge is -2.25. The van der Waals surface area contributed by atoms with Gasteiger partial charge in [0, 0.05) is 6.54 Å². The maximum Gasteiger partial charge on any atom is 0.320 e. The second kappa shape index (κ2) is 4.23. The first-order valence-corrected chi connectivity index (χ1v) is 4.19. The number of hydrogen-bond donors (Lipinski definition) is 2. The Balaban J connectivity index is 2.39. The summed E-state index contributed by atoms with van der Waals surface area (Å²) >= 11 is 0. The predicted molar refractivity (Wildman–Crippen MR) is 44.2 cm³/mol. The largest absolute Gasteiger partial charge is 0.480 e. The summed E-state index contributed by atoms with van der Waals surface area (Å²) in [6, 6.07) is -0.513. The number of carboxylic acid groups (broad SMARTS) is 1. The van der Waals surface area contributed by atoms with E-state index in [1.165, 1.54) is 7.11 Å². The molecule has 5 nitrogen and oxygen atoms in total. The summed E-state index contributed by atoms with van der Waals surface area (Å²) in [5.74, 6) is -1.32. The van der Waals surface area contributed by atoms with Gasteiger partial charge in [-0.25, -0.2) is 0 Å². The summed E-state index contributed by atoms with van der Waals surface area (Å²) in [7, 11) is 1.34. The molecule has 1 rings (SSSR count). The van der Waals surface area contributed by atoms with Gasteiger partial charge < -0.3 is 15.2 Å². The molecule has 2 atom stereocenters. The summed E-state index contributed by atoms with van der Waals surface area (Å²) in [4.78, 5) is 21.6. The third-order valence-electron chi connectivity index (χ3n) is 2.25. The number of hydrogen-bond acceptors (Lipinski definition) is 4. The molecule has 1 aliphatic rings. The van der Waals surface area contributed by atoms with E-state index in [0.29, 0.717) is 19.4 Å². The number of carbonyl (C=O) groups is 2. The van der Waals surface area contributed by atoms with Gasteiger partial charge in [0.2, 0.25) is 0 Å². The van der Waals surface area contributed by atoms with Gasteiger partial charge in [0.1, 0.15) is 6.04 Å². The minimum absolute atomic E-state index is 0.194. The number of rotatable bonds is 2. The number of aliphatic carboxylic acids is 1. The van der Waals surface area contributed by atoms with Crippen molar-refractivity contribution >= 4 is 11.9 Å². The Bertz CT molecular complexity index is 208. The minimum Gasteiger partial charge on any atom is -0.480 e. The Hall–Kier alpha value is -1.10. The van der Waals surface area contributed by atoms with Crippen LogP contribution in [0.2, 0.25) is 0 Å². The summed E-state index contributed by atoms with van der Waals surface area (Å²) in [5, 5.41) is 11.4. The highest BCUT2D eigenvalue weighted by Gasteiger charge is 2.29. The Morgan fingerprint density at radius 3 is 2.54 bits per heavy atom. The lowest BCUT2D eigenvalue weighted by Crippen LogP contribution is -2.46. The van der Waals surface area contributed by atoms with Crippen molar-refractivity contribution in [3.63, 3.8) is 0 Å². The maximum atomic E-state index is 11.0. The van der Waals surface area contributed by atoms with E-state index in [4.69, 9.17) is 5.11 Å². The highest BCUT2D eigenvalue weighted by Crippen LogP contribution is 2.15. The number of nitrogens with one attached hydrogen (secondary N) is 1. The fourth-order valence-corrected chi connectivity index (χ4v) is 1.44. The van der Waals surface area contributed by atoms with Crippen LogP contribution in [-0.2, 0) is 14.3 Å². The van der Waals surface area contributed by atoms with Gasteiger partial charge in [-0.05, 0) is 12.8 Å². The molecular weight excluding hydrogens is 174 g/mol. The molecule has 2 N–H and O–H groups in total. The zero-order valence-corrected chi connectivity index (χ0v) is 7.45. The second-order valence-electron chi connectivity index (χ2n) is 3.10. The number of carbonyl (C=O) groups excluding carboxylic acids is 1. The van der Waals surface area contributed by atoms with Crippen molar-refractivity contribution in [2.75, 3.05) is 13.7 Å². The Morgan fingerprint density at radius 2 is 2.15 bits per heavy atom. The van der Waals surface area contributed by atoms with Crippen LogP contribution in [0.4, 0.5) is 0 Å². The van der Waals surface area contributed by atoms with E-state index in [1.807, 2.05) is 0 Å². The molecule has 0 aromatic heterocycles. The van der Waals surface area contributed by atoms with Crippen molar-refractivity contribution < 1.29 is 19.4 Å². The normalized spacial score (nSPS) is 28.1. The van der Waals surface area contributed by atoms with E-state index in [9.17, 15) is 9.59 Å². The van der Waals surface area contributed by atoms with Gasteiger partial charge in [-0.3, -0.25) is 9.59 Å². The first-order chi connectivity index (χ1) is 6.15. The van der Waals surface area contributed by atoms with Crippen molar-refractivity contribution in [2.24, 2.45) is 5.92 Å². The standard InChI is InChI=1S/C8H13NO4/c1-13-8(12)5-2-3-6(7(10)11)9-4-5/h5-6,9H,2-4H2,1H3,(H,10,11)/t5?,6-/m0/s1. The lowest BCUT2D eigenvalue weighted by atomic mass is 9.95. The Kier molecular flexibility index (Phi) is 3.25. The molecule has 1 unspecified atom stereocenters. The van der Waals surface area contributed by atoms with Crippen LogP contribution in [0.15, 0.2) is 0 Å². The molecule has 0 radical (unpaired) electrons. The molecule has 0 aliphatic carbocycles. The first kappa shape index (κ1) is 9.98. The number of piperidine rings is 1. The van der Waals surface area contributed by atoms with Gasteiger partial charge in [-0.15, -0.1) is 0 Å². The Labute approximate surface area is 76.1 Å². The molecule has 1 heterocycles. The summed E-state index contributed by atoms with van der Waals surface area (Å²) in [6.45, 7) is 0.393. The van der Waals surface area contributed by atoms with Gasteiger partial charge in [-0.2, -0.15) is 0 Å². The van der Waals surface area contributed by atoms with Crippen LogP contribution in [0.25, 0.3) is 0 Å². The second-order valence-corrected chi connectivity index (χ2v) is 3.10. The van der Waals surface area contributed by atoms with E-state index < -0.39 is 12.0 Å². The zero-order chi connectivity index (χ0) is 9.84. The first-order valence-electron chi connectivity index (χ1n) is 4.19. The summed E-state index contributed by atoms with van der Waals surface area (Å²) < 4.78 is 4.56. The number of ether oxygens (including phenoxy) is 1. The fraction of sp³-hybridized carbons (Fsp3) is 0.750. The quantitative estimate of drug-likeness (QED) is 0.576. The van der Waals surface area contributed by atoms with E-state index >= 15 is 0 Å². The molecule has 0 saturated carbocycles. The van der Waals surface area contributed by atoms with E-state index in [1.54, 1.807) is 0 Å². The topological polar surface area (TPSA) is 75.6 Å². The van der Waals surface area contributed by atoms with Gasteiger partial charge in [0.15, 0.2) is 0 Å². The van der Waals surface area contributed by atoms with Crippen molar-refractivity contribution in [1.82, 2.24) is 5.32 Å². The monoisotopic (exact) mass is 187 g/mol.